The zero-order chi connectivity index (χ0) is 26.7. The highest BCUT2D eigenvalue weighted by Crippen LogP contribution is 2.48. The van der Waals surface area contributed by atoms with Gasteiger partial charge in [0.1, 0.15) is 6.34 Å². The second-order valence-electron chi connectivity index (χ2n) is 11.7. The monoisotopic (exact) mass is 528 g/mol. The summed E-state index contributed by atoms with van der Waals surface area (Å²) in [6.07, 6.45) is 9.93. The summed E-state index contributed by atoms with van der Waals surface area (Å²) in [7, 11) is 0. The summed E-state index contributed by atoms with van der Waals surface area (Å²) < 4.78 is 5.76. The van der Waals surface area contributed by atoms with Crippen molar-refractivity contribution >= 4 is 12.2 Å². The highest BCUT2D eigenvalue weighted by molar-refractivity contribution is 5.77. The van der Waals surface area contributed by atoms with Gasteiger partial charge >= 0.3 is 0 Å². The summed E-state index contributed by atoms with van der Waals surface area (Å²) in [6, 6.07) is -0.189. The second-order valence-corrected chi connectivity index (χ2v) is 11.7. The normalized spacial score (nSPS) is 33.2. The van der Waals surface area contributed by atoms with Gasteiger partial charge in [-0.15, -0.1) is 5.10 Å². The molecule has 1 aromatic heterocycles. The Hall–Kier alpha value is -2.34. The van der Waals surface area contributed by atoms with Gasteiger partial charge in [-0.2, -0.15) is 0 Å². The molecule has 0 spiro atoms. The van der Waals surface area contributed by atoms with Crippen molar-refractivity contribution in [2.75, 3.05) is 39.3 Å². The van der Waals surface area contributed by atoms with Gasteiger partial charge in [-0.3, -0.25) is 9.63 Å². The summed E-state index contributed by atoms with van der Waals surface area (Å²) in [6.45, 7) is 11.2. The van der Waals surface area contributed by atoms with Gasteiger partial charge in [-0.25, -0.2) is 10.1 Å². The van der Waals surface area contributed by atoms with Gasteiger partial charge in [0.15, 0.2) is 5.76 Å². The summed E-state index contributed by atoms with van der Waals surface area (Å²) >= 11 is 0. The average Bonchev–Trinajstić information content (AvgIpc) is 3.60. The molecule has 4 unspecified atom stereocenters. The molecule has 4 N–H and O–H groups in total. The van der Waals surface area contributed by atoms with Gasteiger partial charge < -0.3 is 25.8 Å². The Labute approximate surface area is 225 Å². The first-order valence-corrected chi connectivity index (χ1v) is 14.3. The van der Waals surface area contributed by atoms with Crippen molar-refractivity contribution in [1.82, 2.24) is 31.0 Å². The zero-order valence-electron chi connectivity index (χ0n) is 23.0. The number of likely N-dealkylation sites (tertiary alicyclic amines) is 1. The number of piperidine rings is 2. The van der Waals surface area contributed by atoms with Gasteiger partial charge in [-0.05, 0) is 55.7 Å². The molecule has 0 aromatic carbocycles. The van der Waals surface area contributed by atoms with Crippen LogP contribution in [0.15, 0.2) is 27.5 Å². The molecule has 5 heterocycles. The Bertz CT molecular complexity index is 998. The highest BCUT2D eigenvalue weighted by atomic mass is 16.7. The molecule has 0 aliphatic carbocycles. The van der Waals surface area contributed by atoms with E-state index in [9.17, 15) is 4.79 Å². The molecule has 6 atom stereocenters. The zero-order valence-corrected chi connectivity index (χ0v) is 23.0. The fourth-order valence-corrected chi connectivity index (χ4v) is 7.33. The predicted octanol–water partition coefficient (Wildman–Crippen LogP) is 1.44. The summed E-state index contributed by atoms with van der Waals surface area (Å²) in [5.74, 6) is 2.11. The molecule has 1 aromatic rings. The number of hydroxylamine groups is 2. The van der Waals surface area contributed by atoms with E-state index in [1.165, 1.54) is 0 Å². The van der Waals surface area contributed by atoms with Gasteiger partial charge in [0.25, 0.3) is 0 Å². The molecule has 5 rings (SSSR count). The molecular weight excluding hydrogens is 484 g/mol. The van der Waals surface area contributed by atoms with Crippen LogP contribution in [0.4, 0.5) is 0 Å². The number of aliphatic imine (C=N–C) groups is 1. The molecule has 38 heavy (non-hydrogen) atoms. The molecule has 1 amide bonds. The number of nitrogens with two attached hydrogens (primary N) is 1. The van der Waals surface area contributed by atoms with E-state index >= 15 is 0 Å². The highest BCUT2D eigenvalue weighted by Gasteiger charge is 2.51. The van der Waals surface area contributed by atoms with Crippen molar-refractivity contribution in [2.24, 2.45) is 28.5 Å². The third-order valence-corrected chi connectivity index (χ3v) is 9.28. The topological polar surface area (TPSA) is 134 Å². The molecule has 4 aliphatic rings. The van der Waals surface area contributed by atoms with E-state index in [0.717, 1.165) is 56.7 Å². The number of hydrogen-bond acceptors (Lipinski definition) is 10. The predicted molar refractivity (Wildman–Crippen MR) is 144 cm³/mol. The van der Waals surface area contributed by atoms with Crippen molar-refractivity contribution in [1.29, 1.82) is 0 Å². The number of carbonyl (C=O) groups excluding carboxylic acids is 1. The summed E-state index contributed by atoms with van der Waals surface area (Å²) in [4.78, 5) is 25.7. The van der Waals surface area contributed by atoms with Gasteiger partial charge in [0.05, 0.1) is 31.4 Å². The average molecular weight is 529 g/mol. The first-order valence-electron chi connectivity index (χ1n) is 14.3. The lowest BCUT2D eigenvalue weighted by atomic mass is 9.58. The van der Waals surface area contributed by atoms with E-state index in [1.807, 2.05) is 16.2 Å². The molecule has 0 saturated carbocycles. The van der Waals surface area contributed by atoms with Crippen LogP contribution in [0.5, 0.6) is 0 Å². The third-order valence-electron chi connectivity index (χ3n) is 9.28. The van der Waals surface area contributed by atoms with E-state index < -0.39 is 0 Å². The van der Waals surface area contributed by atoms with Crippen LogP contribution in [0.1, 0.15) is 58.6 Å². The summed E-state index contributed by atoms with van der Waals surface area (Å²) in [5.41, 5.74) is 7.40. The van der Waals surface area contributed by atoms with Crippen molar-refractivity contribution in [3.05, 3.63) is 23.7 Å². The molecular formula is C27H44N8O3. The largest absolute Gasteiger partial charge is 0.342 e. The minimum absolute atomic E-state index is 0.0288. The molecule has 11 heteroatoms. The Balaban J connectivity index is 1.29. The van der Waals surface area contributed by atoms with Crippen molar-refractivity contribution in [2.45, 2.75) is 76.4 Å². The van der Waals surface area contributed by atoms with E-state index in [1.54, 1.807) is 12.5 Å². The van der Waals surface area contributed by atoms with Gasteiger partial charge in [-0.1, -0.05) is 27.2 Å². The first kappa shape index (κ1) is 27.2. The Kier molecular flexibility index (Phi) is 8.47. The smallest absolute Gasteiger partial charge is 0.222 e. The molecule has 11 nitrogen and oxygen atoms in total. The lowest BCUT2D eigenvalue weighted by Crippen LogP contribution is -2.56. The number of nitrogens with zero attached hydrogens (tertiary/aromatic N) is 5. The van der Waals surface area contributed by atoms with Crippen LogP contribution in [-0.2, 0) is 15.0 Å². The number of amides is 1. The Morgan fingerprint density at radius 1 is 1.32 bits per heavy atom. The third kappa shape index (κ3) is 5.13. The maximum Gasteiger partial charge on any atom is 0.222 e. The maximum atomic E-state index is 12.7. The lowest BCUT2D eigenvalue weighted by Gasteiger charge is -2.49. The van der Waals surface area contributed by atoms with Crippen LogP contribution >= 0.6 is 0 Å². The Morgan fingerprint density at radius 3 is 2.92 bits per heavy atom. The SMILES string of the molecule is CCC(CON1C=NC=C(C2NC[C@H](N)[C@@H]2N2CCCCC2=O)C1)C1(c2cnno2)CCNCC1C(C)C. The molecule has 0 bridgehead atoms. The van der Waals surface area contributed by atoms with Crippen LogP contribution in [0.3, 0.4) is 0 Å². The van der Waals surface area contributed by atoms with Crippen LogP contribution in [0.2, 0.25) is 0 Å². The second kappa shape index (κ2) is 11.8. The fourth-order valence-electron chi connectivity index (χ4n) is 7.33. The number of nitrogens with one attached hydrogen (secondary N) is 2. The van der Waals surface area contributed by atoms with Crippen molar-refractivity contribution in [3.63, 3.8) is 0 Å². The van der Waals surface area contributed by atoms with Crippen LogP contribution < -0.4 is 16.4 Å². The van der Waals surface area contributed by atoms with Gasteiger partial charge in [0, 0.05) is 42.4 Å². The number of rotatable bonds is 9. The molecule has 210 valence electrons. The molecule has 4 aliphatic heterocycles. The van der Waals surface area contributed by atoms with Crippen LogP contribution in [0.25, 0.3) is 0 Å². The fraction of sp³-hybridized carbons (Fsp3) is 0.778. The number of hydrogen-bond donors (Lipinski definition) is 3. The van der Waals surface area contributed by atoms with Gasteiger partial charge in [0.2, 0.25) is 5.91 Å². The van der Waals surface area contributed by atoms with E-state index in [4.69, 9.17) is 15.1 Å². The maximum absolute atomic E-state index is 12.7. The number of carbonyl (C=O) groups is 1. The minimum atomic E-state index is -0.206. The van der Waals surface area contributed by atoms with E-state index in [2.05, 4.69) is 46.8 Å². The van der Waals surface area contributed by atoms with Crippen LogP contribution in [-0.4, -0.2) is 90.0 Å². The summed E-state index contributed by atoms with van der Waals surface area (Å²) in [5, 5.41) is 16.9. The van der Waals surface area contributed by atoms with Crippen LogP contribution in [0, 0.1) is 17.8 Å². The molecule has 3 saturated heterocycles. The lowest BCUT2D eigenvalue weighted by molar-refractivity contribution is -0.136. The molecule has 3 fully saturated rings. The Morgan fingerprint density at radius 2 is 2.18 bits per heavy atom. The van der Waals surface area contributed by atoms with Crippen molar-refractivity contribution in [3.8, 4) is 0 Å². The standard InChI is InChI=1S/C27H44N8O3/c1-4-20(27(23-14-32-33-38-23)8-9-29-12-21(27)18(2)3)16-37-34-15-19(11-30-17-34)25-26(22(28)13-31-25)35-10-6-5-7-24(35)36/h11,14,17-18,20-22,25-26,29,31H,4-10,12-13,15-16,28H2,1-3H3/t20?,21?,22-,25?,26-,27?/m0/s1. The first-order chi connectivity index (χ1) is 18.5. The number of aromatic nitrogens is 2. The minimum Gasteiger partial charge on any atom is -0.342 e. The van der Waals surface area contributed by atoms with E-state index in [0.29, 0.717) is 38.0 Å². The molecule has 0 radical (unpaired) electrons. The van der Waals surface area contributed by atoms with E-state index in [-0.39, 0.29) is 35.4 Å². The van der Waals surface area contributed by atoms with Crippen molar-refractivity contribution < 1.29 is 14.2 Å². The quantitative estimate of drug-likeness (QED) is 0.435.